The third-order valence-electron chi connectivity index (χ3n) is 3.01. The lowest BCUT2D eigenvalue weighted by molar-refractivity contribution is -0.118. The van der Waals surface area contributed by atoms with E-state index in [9.17, 15) is 9.59 Å². The lowest BCUT2D eigenvalue weighted by Gasteiger charge is -2.11. The molecule has 2 aromatic carbocycles. The Morgan fingerprint density at radius 3 is 2.04 bits per heavy atom. The van der Waals surface area contributed by atoms with Gasteiger partial charge in [0.25, 0.3) is 0 Å². The van der Waals surface area contributed by atoms with Crippen LogP contribution in [-0.4, -0.2) is 11.9 Å². The van der Waals surface area contributed by atoms with Crippen molar-refractivity contribution in [3.63, 3.8) is 0 Å². The second-order valence-corrected chi connectivity index (χ2v) is 5.75. The SMILES string of the molecule is CC(C)C(=O)Nc1cccc(NC(=O)Nc2ccc(Cl)cc2)c1. The monoisotopic (exact) mass is 331 g/mol. The Hall–Kier alpha value is -2.53. The largest absolute Gasteiger partial charge is 0.326 e. The van der Waals surface area contributed by atoms with Gasteiger partial charge in [-0.2, -0.15) is 0 Å². The molecule has 3 N–H and O–H groups in total. The van der Waals surface area contributed by atoms with E-state index in [1.54, 1.807) is 48.5 Å². The molecule has 0 fully saturated rings. The quantitative estimate of drug-likeness (QED) is 0.767. The molecule has 3 amide bonds. The first-order valence-electron chi connectivity index (χ1n) is 7.18. The minimum atomic E-state index is -0.375. The Balaban J connectivity index is 1.98. The summed E-state index contributed by atoms with van der Waals surface area (Å²) in [6.45, 7) is 3.63. The van der Waals surface area contributed by atoms with Gasteiger partial charge in [-0.3, -0.25) is 4.79 Å². The molecule has 5 nitrogen and oxygen atoms in total. The van der Waals surface area contributed by atoms with E-state index in [1.165, 1.54) is 0 Å². The second kappa shape index (κ2) is 7.65. The van der Waals surface area contributed by atoms with E-state index in [0.717, 1.165) is 0 Å². The molecule has 6 heteroatoms. The molecule has 2 rings (SSSR count). The maximum atomic E-state index is 12.0. The van der Waals surface area contributed by atoms with E-state index < -0.39 is 0 Å². The first-order chi connectivity index (χ1) is 10.9. The minimum absolute atomic E-state index is 0.0761. The molecule has 23 heavy (non-hydrogen) atoms. The van der Waals surface area contributed by atoms with Crippen molar-refractivity contribution in [3.05, 3.63) is 53.6 Å². The van der Waals surface area contributed by atoms with E-state index in [2.05, 4.69) is 16.0 Å². The van der Waals surface area contributed by atoms with E-state index in [4.69, 9.17) is 11.6 Å². The van der Waals surface area contributed by atoms with Crippen LogP contribution < -0.4 is 16.0 Å². The van der Waals surface area contributed by atoms with Gasteiger partial charge >= 0.3 is 6.03 Å². The summed E-state index contributed by atoms with van der Waals surface area (Å²) in [5.74, 6) is -0.187. The number of carbonyl (C=O) groups is 2. The fourth-order valence-electron chi connectivity index (χ4n) is 1.79. The lowest BCUT2D eigenvalue weighted by Crippen LogP contribution is -2.20. The van der Waals surface area contributed by atoms with Gasteiger partial charge in [0.05, 0.1) is 0 Å². The van der Waals surface area contributed by atoms with Gasteiger partial charge in [-0.05, 0) is 42.5 Å². The van der Waals surface area contributed by atoms with Crippen molar-refractivity contribution in [1.82, 2.24) is 0 Å². The van der Waals surface area contributed by atoms with Gasteiger partial charge in [-0.1, -0.05) is 31.5 Å². The van der Waals surface area contributed by atoms with Crippen LogP contribution in [0.5, 0.6) is 0 Å². The molecule has 0 aliphatic heterocycles. The molecule has 0 aromatic heterocycles. The predicted molar refractivity (Wildman–Crippen MR) is 94.0 cm³/mol. The van der Waals surface area contributed by atoms with Crippen molar-refractivity contribution in [1.29, 1.82) is 0 Å². The van der Waals surface area contributed by atoms with E-state index in [-0.39, 0.29) is 17.9 Å². The number of carbonyl (C=O) groups excluding carboxylic acids is 2. The number of hydrogen-bond donors (Lipinski definition) is 3. The van der Waals surface area contributed by atoms with Crippen molar-refractivity contribution in [2.24, 2.45) is 5.92 Å². The topological polar surface area (TPSA) is 70.2 Å². The number of hydrogen-bond acceptors (Lipinski definition) is 2. The summed E-state index contributed by atoms with van der Waals surface area (Å²) in [7, 11) is 0. The van der Waals surface area contributed by atoms with Gasteiger partial charge in [0, 0.05) is 28.0 Å². The van der Waals surface area contributed by atoms with Gasteiger partial charge in [-0.25, -0.2) is 4.79 Å². The Morgan fingerprint density at radius 1 is 0.870 bits per heavy atom. The fraction of sp³-hybridized carbons (Fsp3) is 0.176. The first-order valence-corrected chi connectivity index (χ1v) is 7.56. The third kappa shape index (κ3) is 5.30. The molecule has 120 valence electrons. The van der Waals surface area contributed by atoms with Gasteiger partial charge in [-0.15, -0.1) is 0 Å². The maximum absolute atomic E-state index is 12.0. The molecule has 0 unspecified atom stereocenters. The molecule has 0 heterocycles. The smallest absolute Gasteiger partial charge is 0.323 e. The Kier molecular flexibility index (Phi) is 5.60. The van der Waals surface area contributed by atoms with Crippen molar-refractivity contribution < 1.29 is 9.59 Å². The number of halogens is 1. The molecule has 2 aromatic rings. The van der Waals surface area contributed by atoms with Crippen LogP contribution in [0.15, 0.2) is 48.5 Å². The fourth-order valence-corrected chi connectivity index (χ4v) is 1.91. The van der Waals surface area contributed by atoms with Crippen molar-refractivity contribution in [3.8, 4) is 0 Å². The van der Waals surface area contributed by atoms with Gasteiger partial charge in [0.1, 0.15) is 0 Å². The summed E-state index contributed by atoms with van der Waals surface area (Å²) in [5.41, 5.74) is 1.85. The van der Waals surface area contributed by atoms with Crippen LogP contribution in [0, 0.1) is 5.92 Å². The van der Waals surface area contributed by atoms with E-state index in [1.807, 2.05) is 13.8 Å². The van der Waals surface area contributed by atoms with Crippen LogP contribution in [0.1, 0.15) is 13.8 Å². The molecule has 0 bridgehead atoms. The van der Waals surface area contributed by atoms with E-state index >= 15 is 0 Å². The van der Waals surface area contributed by atoms with Crippen molar-refractivity contribution in [2.45, 2.75) is 13.8 Å². The Morgan fingerprint density at radius 2 is 1.43 bits per heavy atom. The first kappa shape index (κ1) is 16.8. The van der Waals surface area contributed by atoms with Gasteiger partial charge in [0.15, 0.2) is 0 Å². The molecule has 0 radical (unpaired) electrons. The molecule has 0 saturated carbocycles. The number of urea groups is 1. The summed E-state index contributed by atoms with van der Waals surface area (Å²) < 4.78 is 0. The van der Waals surface area contributed by atoms with Crippen LogP contribution in [0.25, 0.3) is 0 Å². The summed E-state index contributed by atoms with van der Waals surface area (Å²) in [6, 6.07) is 13.4. The minimum Gasteiger partial charge on any atom is -0.326 e. The van der Waals surface area contributed by atoms with Gasteiger partial charge < -0.3 is 16.0 Å². The number of nitrogens with one attached hydrogen (secondary N) is 3. The maximum Gasteiger partial charge on any atom is 0.323 e. The van der Waals surface area contributed by atoms with Crippen molar-refractivity contribution in [2.75, 3.05) is 16.0 Å². The molecule has 0 atom stereocenters. The Labute approximate surface area is 140 Å². The molecule has 0 aliphatic carbocycles. The molecule has 0 saturated heterocycles. The van der Waals surface area contributed by atoms with Crippen molar-refractivity contribution >= 4 is 40.6 Å². The normalized spacial score (nSPS) is 10.3. The zero-order chi connectivity index (χ0) is 16.8. The number of amides is 3. The number of rotatable bonds is 4. The second-order valence-electron chi connectivity index (χ2n) is 5.31. The zero-order valence-corrected chi connectivity index (χ0v) is 13.6. The molecular weight excluding hydrogens is 314 g/mol. The molecule has 0 aliphatic rings. The highest BCUT2D eigenvalue weighted by Gasteiger charge is 2.08. The molecule has 0 spiro atoms. The average molecular weight is 332 g/mol. The standard InChI is InChI=1S/C17H18ClN3O2/c1-11(2)16(22)19-14-4-3-5-15(10-14)21-17(23)20-13-8-6-12(18)7-9-13/h3-11H,1-2H3,(H,19,22)(H2,20,21,23). The lowest BCUT2D eigenvalue weighted by atomic mass is 10.2. The summed E-state index contributed by atoms with van der Waals surface area (Å²) in [4.78, 5) is 23.7. The zero-order valence-electron chi connectivity index (χ0n) is 12.9. The van der Waals surface area contributed by atoms with Gasteiger partial charge in [0.2, 0.25) is 5.91 Å². The van der Waals surface area contributed by atoms with Crippen LogP contribution in [0.4, 0.5) is 21.9 Å². The van der Waals surface area contributed by atoms with Crippen LogP contribution >= 0.6 is 11.6 Å². The number of benzene rings is 2. The van der Waals surface area contributed by atoms with Crippen LogP contribution in [0.2, 0.25) is 5.02 Å². The van der Waals surface area contributed by atoms with Crippen LogP contribution in [0.3, 0.4) is 0 Å². The molecular formula is C17H18ClN3O2. The average Bonchev–Trinajstić information content (AvgIpc) is 2.49. The Bertz CT molecular complexity index is 699. The summed E-state index contributed by atoms with van der Waals surface area (Å²) in [6.07, 6.45) is 0. The summed E-state index contributed by atoms with van der Waals surface area (Å²) in [5, 5.41) is 8.80. The highest BCUT2D eigenvalue weighted by Crippen LogP contribution is 2.17. The highest BCUT2D eigenvalue weighted by molar-refractivity contribution is 6.30. The predicted octanol–water partition coefficient (Wildman–Crippen LogP) is 4.58. The third-order valence-corrected chi connectivity index (χ3v) is 3.27. The van der Waals surface area contributed by atoms with Crippen LogP contribution in [-0.2, 0) is 4.79 Å². The highest BCUT2D eigenvalue weighted by atomic mass is 35.5. The van der Waals surface area contributed by atoms with E-state index in [0.29, 0.717) is 22.1 Å². The number of anilines is 3. The summed E-state index contributed by atoms with van der Waals surface area (Å²) >= 11 is 5.80.